The van der Waals surface area contributed by atoms with Crippen LogP contribution < -0.4 is 5.32 Å². The van der Waals surface area contributed by atoms with Crippen LogP contribution in [-0.2, 0) is 6.54 Å². The molecule has 0 unspecified atom stereocenters. The molecule has 0 saturated heterocycles. The van der Waals surface area contributed by atoms with Crippen molar-refractivity contribution in [3.05, 3.63) is 59.4 Å². The van der Waals surface area contributed by atoms with Crippen LogP contribution in [0.1, 0.15) is 15.9 Å². The maximum Gasteiger partial charge on any atom is 0.335 e. The molecule has 0 aromatic heterocycles. The summed E-state index contributed by atoms with van der Waals surface area (Å²) in [6.07, 6.45) is 1.96. The van der Waals surface area contributed by atoms with Crippen LogP contribution in [0.4, 0.5) is 10.1 Å². The Bertz CT molecular complexity index is 631. The average molecular weight is 291 g/mol. The summed E-state index contributed by atoms with van der Waals surface area (Å²) in [6, 6.07) is 11.5. The first-order chi connectivity index (χ1) is 9.61. The number of benzene rings is 2. The summed E-state index contributed by atoms with van der Waals surface area (Å²) in [5, 5.41) is 12.1. The van der Waals surface area contributed by atoms with Gasteiger partial charge in [-0.05, 0) is 36.6 Å². The van der Waals surface area contributed by atoms with Crippen molar-refractivity contribution in [3.8, 4) is 0 Å². The molecular weight excluding hydrogens is 277 g/mol. The first-order valence-electron chi connectivity index (χ1n) is 6.00. The third kappa shape index (κ3) is 3.30. The zero-order valence-corrected chi connectivity index (χ0v) is 11.7. The summed E-state index contributed by atoms with van der Waals surface area (Å²) in [7, 11) is 0. The molecule has 0 heterocycles. The van der Waals surface area contributed by atoms with E-state index in [1.807, 2.05) is 30.5 Å². The van der Waals surface area contributed by atoms with Crippen LogP contribution in [0.3, 0.4) is 0 Å². The van der Waals surface area contributed by atoms with Crippen LogP contribution in [0.15, 0.2) is 47.4 Å². The molecular formula is C15H14FNO2S. The van der Waals surface area contributed by atoms with E-state index in [-0.39, 0.29) is 12.1 Å². The van der Waals surface area contributed by atoms with E-state index in [0.29, 0.717) is 5.56 Å². The topological polar surface area (TPSA) is 49.3 Å². The van der Waals surface area contributed by atoms with E-state index < -0.39 is 11.8 Å². The van der Waals surface area contributed by atoms with Crippen molar-refractivity contribution in [2.45, 2.75) is 11.4 Å². The maximum atomic E-state index is 13.7. The molecule has 0 amide bonds. The lowest BCUT2D eigenvalue weighted by molar-refractivity contribution is 0.0696. The molecule has 5 heteroatoms. The Morgan fingerprint density at radius 2 is 2.05 bits per heavy atom. The van der Waals surface area contributed by atoms with E-state index in [1.165, 1.54) is 18.2 Å². The van der Waals surface area contributed by atoms with Gasteiger partial charge in [-0.25, -0.2) is 9.18 Å². The van der Waals surface area contributed by atoms with Gasteiger partial charge in [-0.15, -0.1) is 11.8 Å². The summed E-state index contributed by atoms with van der Waals surface area (Å²) >= 11 is 1.59. The summed E-state index contributed by atoms with van der Waals surface area (Å²) in [4.78, 5) is 12.0. The van der Waals surface area contributed by atoms with Gasteiger partial charge in [0.15, 0.2) is 0 Å². The van der Waals surface area contributed by atoms with Crippen molar-refractivity contribution in [2.24, 2.45) is 0 Å². The molecule has 0 atom stereocenters. The SMILES string of the molecule is CSc1ccccc1NCc1cc(C(=O)O)ccc1F. The molecule has 0 radical (unpaired) electrons. The number of rotatable bonds is 5. The lowest BCUT2D eigenvalue weighted by Gasteiger charge is -2.11. The molecule has 0 fully saturated rings. The lowest BCUT2D eigenvalue weighted by Crippen LogP contribution is -2.05. The largest absolute Gasteiger partial charge is 0.478 e. The summed E-state index contributed by atoms with van der Waals surface area (Å²) < 4.78 is 13.7. The number of para-hydroxylation sites is 1. The van der Waals surface area contributed by atoms with E-state index >= 15 is 0 Å². The number of thioether (sulfide) groups is 1. The first kappa shape index (κ1) is 14.4. The normalized spacial score (nSPS) is 10.3. The highest BCUT2D eigenvalue weighted by Gasteiger charge is 2.09. The Labute approximate surface area is 120 Å². The standard InChI is InChI=1S/C15H14FNO2S/c1-20-14-5-3-2-4-13(14)17-9-11-8-10(15(18)19)6-7-12(11)16/h2-8,17H,9H2,1H3,(H,18,19). The second kappa shape index (κ2) is 6.43. The maximum absolute atomic E-state index is 13.7. The number of halogens is 1. The van der Waals surface area contributed by atoms with Crippen LogP contribution in [0, 0.1) is 5.82 Å². The summed E-state index contributed by atoms with van der Waals surface area (Å²) in [6.45, 7) is 0.241. The van der Waals surface area contributed by atoms with Crippen molar-refractivity contribution < 1.29 is 14.3 Å². The zero-order valence-electron chi connectivity index (χ0n) is 10.9. The van der Waals surface area contributed by atoms with Gasteiger partial charge in [0.25, 0.3) is 0 Å². The minimum absolute atomic E-state index is 0.0846. The number of carboxylic acid groups (broad SMARTS) is 1. The Hall–Kier alpha value is -2.01. The van der Waals surface area contributed by atoms with E-state index in [4.69, 9.17) is 5.11 Å². The highest BCUT2D eigenvalue weighted by molar-refractivity contribution is 7.98. The molecule has 104 valence electrons. The van der Waals surface area contributed by atoms with Crippen LogP contribution in [0.5, 0.6) is 0 Å². The molecule has 0 aliphatic heterocycles. The molecule has 3 nitrogen and oxygen atoms in total. The number of hydrogen-bond acceptors (Lipinski definition) is 3. The Kier molecular flexibility index (Phi) is 4.63. The Morgan fingerprint density at radius 1 is 1.30 bits per heavy atom. The molecule has 0 bridgehead atoms. The molecule has 2 aromatic carbocycles. The number of anilines is 1. The number of carbonyl (C=O) groups is 1. The highest BCUT2D eigenvalue weighted by Crippen LogP contribution is 2.25. The summed E-state index contributed by atoms with van der Waals surface area (Å²) in [5.41, 5.74) is 1.32. The van der Waals surface area contributed by atoms with Gasteiger partial charge in [0.05, 0.1) is 5.56 Å². The fourth-order valence-electron chi connectivity index (χ4n) is 1.82. The molecule has 0 aliphatic rings. The predicted octanol–water partition coefficient (Wildman–Crippen LogP) is 3.86. The quantitative estimate of drug-likeness (QED) is 0.821. The van der Waals surface area contributed by atoms with Crippen molar-refractivity contribution in [2.75, 3.05) is 11.6 Å². The van der Waals surface area contributed by atoms with Gasteiger partial charge < -0.3 is 10.4 Å². The minimum Gasteiger partial charge on any atom is -0.478 e. The zero-order chi connectivity index (χ0) is 14.5. The molecule has 2 rings (SSSR count). The first-order valence-corrected chi connectivity index (χ1v) is 7.23. The summed E-state index contributed by atoms with van der Waals surface area (Å²) in [5.74, 6) is -1.47. The van der Waals surface area contributed by atoms with Crippen molar-refractivity contribution in [1.82, 2.24) is 0 Å². The van der Waals surface area contributed by atoms with E-state index in [9.17, 15) is 9.18 Å². The fourth-order valence-corrected chi connectivity index (χ4v) is 2.40. The molecule has 20 heavy (non-hydrogen) atoms. The number of aromatic carboxylic acids is 1. The van der Waals surface area contributed by atoms with Gasteiger partial charge in [-0.2, -0.15) is 0 Å². The second-order valence-corrected chi connectivity index (χ2v) is 5.01. The van der Waals surface area contributed by atoms with E-state index in [2.05, 4.69) is 5.32 Å². The Balaban J connectivity index is 2.18. The average Bonchev–Trinajstić information content (AvgIpc) is 2.46. The third-order valence-corrected chi connectivity index (χ3v) is 3.66. The van der Waals surface area contributed by atoms with Gasteiger partial charge in [0, 0.05) is 22.7 Å². The number of carboxylic acids is 1. The van der Waals surface area contributed by atoms with Crippen molar-refractivity contribution in [1.29, 1.82) is 0 Å². The molecule has 2 N–H and O–H groups in total. The van der Waals surface area contributed by atoms with Crippen LogP contribution in [0.25, 0.3) is 0 Å². The predicted molar refractivity (Wildman–Crippen MR) is 78.9 cm³/mol. The van der Waals surface area contributed by atoms with Gasteiger partial charge in [0.1, 0.15) is 5.82 Å². The van der Waals surface area contributed by atoms with Crippen molar-refractivity contribution >= 4 is 23.4 Å². The van der Waals surface area contributed by atoms with Gasteiger partial charge >= 0.3 is 5.97 Å². The van der Waals surface area contributed by atoms with Crippen LogP contribution in [0.2, 0.25) is 0 Å². The van der Waals surface area contributed by atoms with Gasteiger partial charge in [-0.3, -0.25) is 0 Å². The van der Waals surface area contributed by atoms with Crippen molar-refractivity contribution in [3.63, 3.8) is 0 Å². The second-order valence-electron chi connectivity index (χ2n) is 4.17. The van der Waals surface area contributed by atoms with E-state index in [1.54, 1.807) is 11.8 Å². The number of nitrogens with one attached hydrogen (secondary N) is 1. The monoisotopic (exact) mass is 291 g/mol. The van der Waals surface area contributed by atoms with E-state index in [0.717, 1.165) is 10.6 Å². The van der Waals surface area contributed by atoms with Crippen LogP contribution >= 0.6 is 11.8 Å². The minimum atomic E-state index is -1.06. The fraction of sp³-hybridized carbons (Fsp3) is 0.133. The number of hydrogen-bond donors (Lipinski definition) is 2. The Morgan fingerprint density at radius 3 is 2.75 bits per heavy atom. The smallest absolute Gasteiger partial charge is 0.335 e. The highest BCUT2D eigenvalue weighted by atomic mass is 32.2. The molecule has 0 saturated carbocycles. The van der Waals surface area contributed by atoms with Gasteiger partial charge in [-0.1, -0.05) is 12.1 Å². The third-order valence-electron chi connectivity index (χ3n) is 2.87. The molecule has 0 spiro atoms. The van der Waals surface area contributed by atoms with Gasteiger partial charge in [0.2, 0.25) is 0 Å². The molecule has 0 aliphatic carbocycles. The molecule has 2 aromatic rings. The lowest BCUT2D eigenvalue weighted by atomic mass is 10.1. The van der Waals surface area contributed by atoms with Crippen LogP contribution in [-0.4, -0.2) is 17.3 Å².